The summed E-state index contributed by atoms with van der Waals surface area (Å²) in [5, 5.41) is 0. The van der Waals surface area contributed by atoms with Gasteiger partial charge in [0.15, 0.2) is 0 Å². The minimum atomic E-state index is -1.09. The first kappa shape index (κ1) is 15.4. The molecule has 3 atom stereocenters. The lowest BCUT2D eigenvalue weighted by molar-refractivity contribution is -0.125. The zero-order valence-corrected chi connectivity index (χ0v) is 12.7. The third-order valence-corrected chi connectivity index (χ3v) is 4.19. The summed E-state index contributed by atoms with van der Waals surface area (Å²) in [6.07, 6.45) is 7.23. The van der Waals surface area contributed by atoms with Gasteiger partial charge in [-0.3, -0.25) is 4.79 Å². The van der Waals surface area contributed by atoms with E-state index >= 15 is 0 Å². The van der Waals surface area contributed by atoms with E-state index in [-0.39, 0.29) is 23.4 Å². The Balaban J connectivity index is 2.95. The molecular weight excluding hydrogens is 248 g/mol. The van der Waals surface area contributed by atoms with Crippen molar-refractivity contribution in [2.75, 3.05) is 13.3 Å². The minimum absolute atomic E-state index is 0.00372. The third kappa shape index (κ3) is 3.42. The van der Waals surface area contributed by atoms with Crippen LogP contribution in [0.3, 0.4) is 0 Å². The smallest absolute Gasteiger partial charge is 0.246 e. The van der Waals surface area contributed by atoms with Crippen LogP contribution in [-0.2, 0) is 15.8 Å². The molecule has 1 amide bonds. The van der Waals surface area contributed by atoms with Crippen LogP contribution in [0.15, 0.2) is 12.2 Å². The fourth-order valence-electron chi connectivity index (χ4n) is 2.58. The van der Waals surface area contributed by atoms with Crippen LogP contribution in [0.4, 0.5) is 0 Å². The van der Waals surface area contributed by atoms with Crippen LogP contribution in [0.2, 0.25) is 0 Å². The summed E-state index contributed by atoms with van der Waals surface area (Å²) >= 11 is 0. The van der Waals surface area contributed by atoms with Gasteiger partial charge in [-0.25, -0.2) is 8.93 Å². The first-order chi connectivity index (χ1) is 8.29. The van der Waals surface area contributed by atoms with Gasteiger partial charge < -0.3 is 4.90 Å². The van der Waals surface area contributed by atoms with Crippen molar-refractivity contribution in [3.63, 3.8) is 0 Å². The van der Waals surface area contributed by atoms with E-state index in [1.807, 2.05) is 6.08 Å². The van der Waals surface area contributed by atoms with Gasteiger partial charge in [0.2, 0.25) is 5.91 Å². The zero-order chi connectivity index (χ0) is 13.9. The van der Waals surface area contributed by atoms with Gasteiger partial charge in [0.05, 0.1) is 17.0 Å². The van der Waals surface area contributed by atoms with Gasteiger partial charge in [0.25, 0.3) is 0 Å². The van der Waals surface area contributed by atoms with E-state index in [0.717, 1.165) is 12.8 Å². The summed E-state index contributed by atoms with van der Waals surface area (Å²) in [5.41, 5.74) is -0.0195. The summed E-state index contributed by atoms with van der Waals surface area (Å²) in [7, 11) is 0.704. The van der Waals surface area contributed by atoms with E-state index in [0.29, 0.717) is 0 Å². The predicted molar refractivity (Wildman–Crippen MR) is 75.4 cm³/mol. The fourth-order valence-corrected chi connectivity index (χ4v) is 3.40. The summed E-state index contributed by atoms with van der Waals surface area (Å²) in [5.74, 6) is 0.0148. The fraction of sp³-hybridized carbons (Fsp3) is 0.769. The van der Waals surface area contributed by atoms with Crippen molar-refractivity contribution in [2.45, 2.75) is 45.7 Å². The van der Waals surface area contributed by atoms with E-state index in [1.54, 1.807) is 24.3 Å². The van der Waals surface area contributed by atoms with Crippen LogP contribution in [-0.4, -0.2) is 40.4 Å². The molecule has 104 valence electrons. The number of amides is 1. The standard InChI is InChI=1S/C13H24N2O2S/c1-6-9-13(2,3)12(14-18(5)17)10-7-8-11(16)15(10)4/h7-8,10,12,14H,6,9H2,1-5H3/t10-,12-,18-/m1/s1. The average Bonchev–Trinajstić information content (AvgIpc) is 2.56. The van der Waals surface area contributed by atoms with E-state index in [1.165, 1.54) is 0 Å². The Morgan fingerprint density at radius 1 is 1.56 bits per heavy atom. The summed E-state index contributed by atoms with van der Waals surface area (Å²) in [6.45, 7) is 6.46. The van der Waals surface area contributed by atoms with Crippen molar-refractivity contribution < 1.29 is 9.00 Å². The third-order valence-electron chi connectivity index (χ3n) is 3.60. The Hall–Kier alpha value is -0.680. The molecule has 1 N–H and O–H groups in total. The van der Waals surface area contributed by atoms with Gasteiger partial charge in [-0.05, 0) is 11.8 Å². The van der Waals surface area contributed by atoms with E-state index < -0.39 is 11.0 Å². The highest BCUT2D eigenvalue weighted by Gasteiger charge is 2.39. The van der Waals surface area contributed by atoms with Crippen LogP contribution < -0.4 is 4.72 Å². The topological polar surface area (TPSA) is 49.4 Å². The molecule has 0 aromatic carbocycles. The maximum absolute atomic E-state index is 11.6. The zero-order valence-electron chi connectivity index (χ0n) is 11.9. The molecule has 0 aromatic rings. The summed E-state index contributed by atoms with van der Waals surface area (Å²) in [4.78, 5) is 13.3. The van der Waals surface area contributed by atoms with Crippen LogP contribution >= 0.6 is 0 Å². The largest absolute Gasteiger partial charge is 0.334 e. The highest BCUT2D eigenvalue weighted by molar-refractivity contribution is 7.82. The Bertz CT molecular complexity index is 366. The SMILES string of the molecule is CCCC(C)(C)[C@H](N[S@@](C)=O)[C@H]1C=CC(=O)N1C. The van der Waals surface area contributed by atoms with Gasteiger partial charge >= 0.3 is 0 Å². The number of likely N-dealkylation sites (N-methyl/N-ethyl adjacent to an activating group) is 1. The van der Waals surface area contributed by atoms with E-state index in [9.17, 15) is 9.00 Å². The van der Waals surface area contributed by atoms with Gasteiger partial charge in [-0.15, -0.1) is 0 Å². The number of nitrogens with zero attached hydrogens (tertiary/aromatic N) is 1. The van der Waals surface area contributed by atoms with Crippen molar-refractivity contribution in [3.8, 4) is 0 Å². The molecule has 5 heteroatoms. The number of carbonyl (C=O) groups is 1. The molecular formula is C13H24N2O2S. The van der Waals surface area contributed by atoms with Crippen molar-refractivity contribution in [1.82, 2.24) is 9.62 Å². The molecule has 0 aliphatic carbocycles. The molecule has 1 heterocycles. The quantitative estimate of drug-likeness (QED) is 0.796. The van der Waals surface area contributed by atoms with E-state index in [4.69, 9.17) is 0 Å². The summed E-state index contributed by atoms with van der Waals surface area (Å²) < 4.78 is 14.6. The first-order valence-electron chi connectivity index (χ1n) is 6.34. The molecule has 0 radical (unpaired) electrons. The molecule has 0 bridgehead atoms. The Labute approximate surface area is 112 Å². The highest BCUT2D eigenvalue weighted by Crippen LogP contribution is 2.32. The van der Waals surface area contributed by atoms with Crippen molar-refractivity contribution in [1.29, 1.82) is 0 Å². The highest BCUT2D eigenvalue weighted by atomic mass is 32.2. The average molecular weight is 272 g/mol. The Morgan fingerprint density at radius 2 is 2.17 bits per heavy atom. The van der Waals surface area contributed by atoms with Gasteiger partial charge in [0.1, 0.15) is 0 Å². The normalized spacial score (nSPS) is 23.5. The van der Waals surface area contributed by atoms with E-state index in [2.05, 4.69) is 25.5 Å². The monoisotopic (exact) mass is 272 g/mol. The number of hydrogen-bond acceptors (Lipinski definition) is 2. The molecule has 0 spiro atoms. The maximum Gasteiger partial charge on any atom is 0.246 e. The van der Waals surface area contributed by atoms with Gasteiger partial charge in [-0.2, -0.15) is 0 Å². The predicted octanol–water partition coefficient (Wildman–Crippen LogP) is 1.46. The molecule has 4 nitrogen and oxygen atoms in total. The number of hydrogen-bond donors (Lipinski definition) is 1. The second kappa shape index (κ2) is 5.97. The molecule has 18 heavy (non-hydrogen) atoms. The van der Waals surface area contributed by atoms with Crippen LogP contribution in [0, 0.1) is 5.41 Å². The number of carbonyl (C=O) groups excluding carboxylic acids is 1. The first-order valence-corrected chi connectivity index (χ1v) is 7.90. The molecule has 1 aliphatic heterocycles. The van der Waals surface area contributed by atoms with Crippen molar-refractivity contribution >= 4 is 16.9 Å². The van der Waals surface area contributed by atoms with Crippen molar-refractivity contribution in [3.05, 3.63) is 12.2 Å². The van der Waals surface area contributed by atoms with Crippen LogP contribution in [0.25, 0.3) is 0 Å². The molecule has 1 rings (SSSR count). The van der Waals surface area contributed by atoms with Crippen LogP contribution in [0.5, 0.6) is 0 Å². The molecule has 0 unspecified atom stereocenters. The lowest BCUT2D eigenvalue weighted by Gasteiger charge is -2.40. The van der Waals surface area contributed by atoms with Crippen LogP contribution in [0.1, 0.15) is 33.6 Å². The Kier molecular flexibility index (Phi) is 5.10. The molecule has 0 saturated heterocycles. The van der Waals surface area contributed by atoms with Crippen molar-refractivity contribution in [2.24, 2.45) is 5.41 Å². The molecule has 0 saturated carbocycles. The number of rotatable bonds is 6. The van der Waals surface area contributed by atoms with Gasteiger partial charge in [0, 0.05) is 25.4 Å². The second-order valence-electron chi connectivity index (χ2n) is 5.59. The molecule has 0 aromatic heterocycles. The summed E-state index contributed by atoms with van der Waals surface area (Å²) in [6, 6.07) is -0.0288. The molecule has 1 aliphatic rings. The second-order valence-corrected chi connectivity index (χ2v) is 6.73. The molecule has 0 fully saturated rings. The lowest BCUT2D eigenvalue weighted by Crippen LogP contribution is -2.54. The minimum Gasteiger partial charge on any atom is -0.334 e. The Morgan fingerprint density at radius 3 is 2.56 bits per heavy atom. The number of nitrogens with one attached hydrogen (secondary N) is 1. The van der Waals surface area contributed by atoms with Gasteiger partial charge in [-0.1, -0.05) is 33.3 Å². The maximum atomic E-state index is 11.6. The lowest BCUT2D eigenvalue weighted by atomic mass is 9.77.